The number of hydrogen-bond acceptors (Lipinski definition) is 2. The number of fused-ring (bicyclic) bond motifs is 1. The summed E-state index contributed by atoms with van der Waals surface area (Å²) in [6.45, 7) is 12.5. The first-order valence-corrected chi connectivity index (χ1v) is 6.50. The van der Waals surface area contributed by atoms with Crippen LogP contribution in [0, 0.1) is 10.8 Å². The van der Waals surface area contributed by atoms with E-state index in [4.69, 9.17) is 4.99 Å². The fourth-order valence-electron chi connectivity index (χ4n) is 2.42. The van der Waals surface area contributed by atoms with Crippen molar-refractivity contribution in [2.45, 2.75) is 47.3 Å². The highest BCUT2D eigenvalue weighted by atomic mass is 16.3. The van der Waals surface area contributed by atoms with Crippen molar-refractivity contribution >= 4 is 5.71 Å². The van der Waals surface area contributed by atoms with Crippen molar-refractivity contribution in [3.05, 3.63) is 35.4 Å². The van der Waals surface area contributed by atoms with Gasteiger partial charge in [0.05, 0.1) is 5.71 Å². The van der Waals surface area contributed by atoms with E-state index >= 15 is 0 Å². The number of nitrogens with zero attached hydrogens (tertiary/aromatic N) is 1. The lowest BCUT2D eigenvalue weighted by Gasteiger charge is -2.35. The molecule has 1 aromatic rings. The molecule has 1 aliphatic rings. The highest BCUT2D eigenvalue weighted by Gasteiger charge is 2.48. The van der Waals surface area contributed by atoms with Crippen LogP contribution in [0.25, 0.3) is 0 Å². The Bertz CT molecular complexity index is 503. The van der Waals surface area contributed by atoms with Gasteiger partial charge in [0, 0.05) is 22.0 Å². The quantitative estimate of drug-likeness (QED) is 0.742. The molecular formula is C16H23NO. The normalized spacial score (nSPS) is 23.8. The van der Waals surface area contributed by atoms with E-state index in [1.54, 1.807) is 0 Å². The lowest BCUT2D eigenvalue weighted by atomic mass is 9.78. The Hall–Kier alpha value is -1.15. The van der Waals surface area contributed by atoms with Crippen LogP contribution in [0.1, 0.15) is 52.7 Å². The first kappa shape index (κ1) is 13.3. The van der Waals surface area contributed by atoms with Crippen molar-refractivity contribution in [3.63, 3.8) is 0 Å². The van der Waals surface area contributed by atoms with Crippen molar-refractivity contribution in [3.8, 4) is 0 Å². The second-order valence-corrected chi connectivity index (χ2v) is 7.18. The molecule has 0 saturated heterocycles. The Morgan fingerprint density at radius 3 is 2.06 bits per heavy atom. The van der Waals surface area contributed by atoms with E-state index in [2.05, 4.69) is 26.8 Å². The van der Waals surface area contributed by atoms with E-state index < -0.39 is 5.72 Å². The lowest BCUT2D eigenvalue weighted by molar-refractivity contribution is -0.0534. The molecule has 2 heteroatoms. The third kappa shape index (κ3) is 1.79. The molecule has 0 aromatic heterocycles. The molecule has 1 heterocycles. The summed E-state index contributed by atoms with van der Waals surface area (Å²) in [5.74, 6) is 0. The molecule has 1 aromatic carbocycles. The van der Waals surface area contributed by atoms with E-state index in [-0.39, 0.29) is 10.8 Å². The standard InChI is InChI=1S/C16H23NO/c1-14(2,3)13-11-9-7-8-10-12(11)16(18,17-13)15(4,5)6/h7-10,18H,1-6H3. The molecule has 1 N–H and O–H groups in total. The van der Waals surface area contributed by atoms with Gasteiger partial charge in [-0.2, -0.15) is 0 Å². The molecule has 2 rings (SSSR count). The largest absolute Gasteiger partial charge is 0.365 e. The molecular weight excluding hydrogens is 222 g/mol. The smallest absolute Gasteiger partial charge is 0.188 e. The number of aliphatic hydroxyl groups is 1. The Kier molecular flexibility index (Phi) is 2.71. The van der Waals surface area contributed by atoms with E-state index in [0.29, 0.717) is 0 Å². The molecule has 0 amide bonds. The summed E-state index contributed by atoms with van der Waals surface area (Å²) in [6.07, 6.45) is 0. The molecule has 0 radical (unpaired) electrons. The molecule has 1 aliphatic heterocycles. The Labute approximate surface area is 110 Å². The minimum atomic E-state index is -1.12. The van der Waals surface area contributed by atoms with Crippen LogP contribution in [-0.4, -0.2) is 10.8 Å². The maximum Gasteiger partial charge on any atom is 0.188 e. The van der Waals surface area contributed by atoms with Crippen LogP contribution >= 0.6 is 0 Å². The van der Waals surface area contributed by atoms with Crippen molar-refractivity contribution in [2.75, 3.05) is 0 Å². The predicted octanol–water partition coefficient (Wildman–Crippen LogP) is 3.73. The maximum atomic E-state index is 11.0. The van der Waals surface area contributed by atoms with Crippen molar-refractivity contribution in [1.82, 2.24) is 0 Å². The molecule has 98 valence electrons. The molecule has 0 saturated carbocycles. The SMILES string of the molecule is CC(C)(C)C1=NC(O)(C(C)(C)C)c2ccccc21. The molecule has 0 spiro atoms. The van der Waals surface area contributed by atoms with Gasteiger partial charge in [-0.3, -0.25) is 0 Å². The van der Waals surface area contributed by atoms with Crippen LogP contribution in [0.15, 0.2) is 29.3 Å². The molecule has 1 unspecified atom stereocenters. The van der Waals surface area contributed by atoms with Crippen LogP contribution in [0.3, 0.4) is 0 Å². The lowest BCUT2D eigenvalue weighted by Crippen LogP contribution is -2.36. The Morgan fingerprint density at radius 2 is 1.56 bits per heavy atom. The van der Waals surface area contributed by atoms with E-state index in [9.17, 15) is 5.11 Å². The van der Waals surface area contributed by atoms with Gasteiger partial charge in [0.1, 0.15) is 0 Å². The van der Waals surface area contributed by atoms with Crippen LogP contribution in [-0.2, 0) is 5.72 Å². The van der Waals surface area contributed by atoms with Crippen molar-refractivity contribution in [1.29, 1.82) is 0 Å². The molecule has 1 atom stereocenters. The number of hydrogen-bond donors (Lipinski definition) is 1. The van der Waals surface area contributed by atoms with Gasteiger partial charge in [-0.05, 0) is 0 Å². The van der Waals surface area contributed by atoms with Crippen LogP contribution in [0.2, 0.25) is 0 Å². The summed E-state index contributed by atoms with van der Waals surface area (Å²) in [5.41, 5.74) is 1.51. The van der Waals surface area contributed by atoms with Gasteiger partial charge < -0.3 is 5.11 Å². The second-order valence-electron chi connectivity index (χ2n) is 7.18. The van der Waals surface area contributed by atoms with Crippen molar-refractivity contribution in [2.24, 2.45) is 15.8 Å². The van der Waals surface area contributed by atoms with Gasteiger partial charge in [-0.15, -0.1) is 0 Å². The van der Waals surface area contributed by atoms with E-state index in [1.807, 2.05) is 39.0 Å². The van der Waals surface area contributed by atoms with Gasteiger partial charge in [0.15, 0.2) is 5.72 Å². The fourth-order valence-corrected chi connectivity index (χ4v) is 2.42. The zero-order valence-electron chi connectivity index (χ0n) is 12.2. The minimum absolute atomic E-state index is 0.0637. The van der Waals surface area contributed by atoms with Gasteiger partial charge in [0.2, 0.25) is 0 Å². The summed E-state index contributed by atoms with van der Waals surface area (Å²) in [6, 6.07) is 8.02. The minimum Gasteiger partial charge on any atom is -0.365 e. The third-order valence-corrected chi connectivity index (χ3v) is 3.59. The fraction of sp³-hybridized carbons (Fsp3) is 0.562. The van der Waals surface area contributed by atoms with Crippen LogP contribution in [0.4, 0.5) is 0 Å². The predicted molar refractivity (Wildman–Crippen MR) is 75.8 cm³/mol. The second kappa shape index (κ2) is 3.67. The van der Waals surface area contributed by atoms with Crippen LogP contribution in [0.5, 0.6) is 0 Å². The first-order chi connectivity index (χ1) is 8.07. The monoisotopic (exact) mass is 245 g/mol. The molecule has 0 bridgehead atoms. The summed E-state index contributed by atoms with van der Waals surface area (Å²) < 4.78 is 0. The maximum absolute atomic E-state index is 11.0. The van der Waals surface area contributed by atoms with Crippen LogP contribution < -0.4 is 0 Å². The third-order valence-electron chi connectivity index (χ3n) is 3.59. The van der Waals surface area contributed by atoms with Crippen molar-refractivity contribution < 1.29 is 5.11 Å². The summed E-state index contributed by atoms with van der Waals surface area (Å²) in [4.78, 5) is 4.70. The average molecular weight is 245 g/mol. The van der Waals surface area contributed by atoms with E-state index in [0.717, 1.165) is 16.8 Å². The summed E-state index contributed by atoms with van der Waals surface area (Å²) in [7, 11) is 0. The average Bonchev–Trinajstić information content (AvgIpc) is 2.53. The zero-order valence-corrected chi connectivity index (χ0v) is 12.2. The number of benzene rings is 1. The van der Waals surface area contributed by atoms with Gasteiger partial charge in [-0.25, -0.2) is 4.99 Å². The van der Waals surface area contributed by atoms with Gasteiger partial charge in [-0.1, -0.05) is 65.8 Å². The molecule has 18 heavy (non-hydrogen) atoms. The highest BCUT2D eigenvalue weighted by molar-refractivity contribution is 6.07. The number of aliphatic imine (C=N–C) groups is 1. The van der Waals surface area contributed by atoms with Gasteiger partial charge in [0.25, 0.3) is 0 Å². The molecule has 0 fully saturated rings. The van der Waals surface area contributed by atoms with Gasteiger partial charge >= 0.3 is 0 Å². The topological polar surface area (TPSA) is 32.6 Å². The zero-order chi connectivity index (χ0) is 13.8. The summed E-state index contributed by atoms with van der Waals surface area (Å²) in [5, 5.41) is 11.0. The summed E-state index contributed by atoms with van der Waals surface area (Å²) >= 11 is 0. The first-order valence-electron chi connectivity index (χ1n) is 6.50. The Morgan fingerprint density at radius 1 is 1.00 bits per heavy atom. The number of rotatable bonds is 0. The highest BCUT2D eigenvalue weighted by Crippen LogP contribution is 2.48. The van der Waals surface area contributed by atoms with E-state index in [1.165, 1.54) is 0 Å². The Balaban J connectivity index is 2.71. The molecule has 2 nitrogen and oxygen atoms in total. The molecule has 0 aliphatic carbocycles.